The number of pyridine rings is 1. The summed E-state index contributed by atoms with van der Waals surface area (Å²) < 4.78 is 104. The molecular formula is C14H6Br2F7NOS. The number of alkyl halides is 7. The predicted octanol–water partition coefficient (Wildman–Crippen LogP) is 6.17. The standard InChI is InChI=1S/C14H6Br2F7NOS/c15-7-5-8(16)11(9-3-1-2-4-24-9)10(6-7)26(25)14(22,23)12(17,18)13(19,20)21/h1-6H. The molecule has 1 atom stereocenters. The predicted molar refractivity (Wildman–Crippen MR) is 87.4 cm³/mol. The molecule has 0 aliphatic carbocycles. The van der Waals surface area contributed by atoms with Crippen LogP contribution in [0.3, 0.4) is 0 Å². The summed E-state index contributed by atoms with van der Waals surface area (Å²) in [5.41, 5.74) is -0.328. The summed E-state index contributed by atoms with van der Waals surface area (Å²) in [6, 6.07) is 6.32. The maximum Gasteiger partial charge on any atom is 0.461 e. The van der Waals surface area contributed by atoms with Crippen molar-refractivity contribution in [1.29, 1.82) is 0 Å². The zero-order valence-electron chi connectivity index (χ0n) is 12.1. The lowest BCUT2D eigenvalue weighted by Crippen LogP contribution is -2.54. The van der Waals surface area contributed by atoms with E-state index in [0.717, 1.165) is 6.07 Å². The number of hydrogen-bond donors (Lipinski definition) is 0. The zero-order chi connectivity index (χ0) is 19.9. The molecule has 0 saturated carbocycles. The second-order valence-electron chi connectivity index (χ2n) is 4.83. The summed E-state index contributed by atoms with van der Waals surface area (Å²) >= 11 is 5.91. The van der Waals surface area contributed by atoms with Crippen molar-refractivity contribution in [3.63, 3.8) is 0 Å². The highest BCUT2D eigenvalue weighted by Crippen LogP contribution is 2.51. The summed E-state index contributed by atoms with van der Waals surface area (Å²) in [5.74, 6) is -6.50. The highest BCUT2D eigenvalue weighted by Gasteiger charge is 2.76. The molecule has 1 aromatic heterocycles. The number of rotatable bonds is 4. The van der Waals surface area contributed by atoms with Gasteiger partial charge in [0, 0.05) is 20.7 Å². The van der Waals surface area contributed by atoms with Crippen LogP contribution < -0.4 is 0 Å². The van der Waals surface area contributed by atoms with E-state index in [1.807, 2.05) is 0 Å². The number of nitrogens with zero attached hydrogens (tertiary/aromatic N) is 1. The summed E-state index contributed by atoms with van der Waals surface area (Å²) in [4.78, 5) is 2.91. The van der Waals surface area contributed by atoms with Crippen LogP contribution in [0.4, 0.5) is 30.7 Å². The first kappa shape index (κ1) is 21.3. The fourth-order valence-electron chi connectivity index (χ4n) is 1.87. The Morgan fingerprint density at radius 3 is 2.08 bits per heavy atom. The maximum absolute atomic E-state index is 13.9. The fraction of sp³-hybridized carbons (Fsp3) is 0.214. The second kappa shape index (κ2) is 7.19. The van der Waals surface area contributed by atoms with Gasteiger partial charge in [-0.3, -0.25) is 4.98 Å². The maximum atomic E-state index is 13.9. The van der Waals surface area contributed by atoms with Crippen LogP contribution >= 0.6 is 31.9 Å². The molecule has 0 bridgehead atoms. The first-order valence-electron chi connectivity index (χ1n) is 6.45. The van der Waals surface area contributed by atoms with Gasteiger partial charge in [0.1, 0.15) is 10.8 Å². The summed E-state index contributed by atoms with van der Waals surface area (Å²) in [7, 11) is -4.05. The van der Waals surface area contributed by atoms with Gasteiger partial charge in [-0.2, -0.15) is 30.7 Å². The Morgan fingerprint density at radius 1 is 0.962 bits per heavy atom. The Morgan fingerprint density at radius 2 is 1.58 bits per heavy atom. The van der Waals surface area contributed by atoms with Crippen molar-refractivity contribution in [2.24, 2.45) is 0 Å². The van der Waals surface area contributed by atoms with E-state index in [-0.39, 0.29) is 20.2 Å². The van der Waals surface area contributed by atoms with Gasteiger partial charge in [-0.1, -0.05) is 37.9 Å². The van der Waals surface area contributed by atoms with E-state index in [0.29, 0.717) is 0 Å². The normalized spacial score (nSPS) is 14.3. The molecule has 1 aromatic carbocycles. The monoisotopic (exact) mass is 527 g/mol. The molecule has 0 spiro atoms. The van der Waals surface area contributed by atoms with Crippen LogP contribution in [0.25, 0.3) is 11.3 Å². The first-order chi connectivity index (χ1) is 11.8. The van der Waals surface area contributed by atoms with Crippen molar-refractivity contribution in [3.8, 4) is 11.3 Å². The highest BCUT2D eigenvalue weighted by molar-refractivity contribution is 9.11. The average molecular weight is 529 g/mol. The Kier molecular flexibility index (Phi) is 5.89. The minimum absolute atomic E-state index is 0.0278. The Balaban J connectivity index is 2.71. The van der Waals surface area contributed by atoms with Crippen molar-refractivity contribution in [3.05, 3.63) is 45.5 Å². The average Bonchev–Trinajstić information content (AvgIpc) is 2.52. The molecule has 0 fully saturated rings. The molecule has 2 nitrogen and oxygen atoms in total. The van der Waals surface area contributed by atoms with E-state index < -0.39 is 33.0 Å². The molecule has 0 radical (unpaired) electrons. The number of aromatic nitrogens is 1. The molecule has 2 aromatic rings. The molecule has 142 valence electrons. The second-order valence-corrected chi connectivity index (χ2v) is 8.09. The van der Waals surface area contributed by atoms with E-state index in [4.69, 9.17) is 0 Å². The summed E-state index contributed by atoms with van der Waals surface area (Å²) in [5, 5.41) is -5.91. The molecule has 26 heavy (non-hydrogen) atoms. The molecule has 12 heteroatoms. The molecule has 0 aliphatic rings. The van der Waals surface area contributed by atoms with Gasteiger partial charge in [-0.15, -0.1) is 0 Å². The topological polar surface area (TPSA) is 30.0 Å². The van der Waals surface area contributed by atoms with E-state index in [1.165, 1.54) is 30.5 Å². The van der Waals surface area contributed by atoms with Gasteiger partial charge in [0.15, 0.2) is 0 Å². The lowest BCUT2D eigenvalue weighted by Gasteiger charge is -2.28. The zero-order valence-corrected chi connectivity index (χ0v) is 16.1. The first-order valence-corrected chi connectivity index (χ1v) is 9.19. The van der Waals surface area contributed by atoms with Crippen molar-refractivity contribution < 1.29 is 34.9 Å². The molecule has 1 unspecified atom stereocenters. The van der Waals surface area contributed by atoms with Gasteiger partial charge in [-0.25, -0.2) is 4.21 Å². The smallest absolute Gasteiger partial charge is 0.256 e. The summed E-state index contributed by atoms with van der Waals surface area (Å²) in [6.07, 6.45) is -5.33. The minimum Gasteiger partial charge on any atom is -0.256 e. The molecule has 0 amide bonds. The third kappa shape index (κ3) is 3.68. The van der Waals surface area contributed by atoms with Gasteiger partial charge in [-0.05, 0) is 24.3 Å². The lowest BCUT2D eigenvalue weighted by molar-refractivity contribution is -0.331. The van der Waals surface area contributed by atoms with Crippen molar-refractivity contribution >= 4 is 42.7 Å². The molecule has 1 heterocycles. The third-order valence-corrected chi connectivity index (χ3v) is 5.62. The quantitative estimate of drug-likeness (QED) is 0.444. The van der Waals surface area contributed by atoms with Gasteiger partial charge in [0.25, 0.3) is 0 Å². The Hall–Kier alpha value is -1.01. The minimum atomic E-state index is -6.58. The van der Waals surface area contributed by atoms with Crippen LogP contribution in [0, 0.1) is 0 Å². The SMILES string of the molecule is O=S(c1cc(Br)cc(Br)c1-c1ccccn1)C(F)(F)C(F)(F)C(F)(F)F. The van der Waals surface area contributed by atoms with Crippen LogP contribution in [0.2, 0.25) is 0 Å². The molecule has 0 saturated heterocycles. The van der Waals surface area contributed by atoms with Crippen LogP contribution in [-0.4, -0.2) is 26.5 Å². The summed E-state index contributed by atoms with van der Waals surface area (Å²) in [6.45, 7) is 0. The van der Waals surface area contributed by atoms with Crippen LogP contribution in [0.15, 0.2) is 50.4 Å². The Labute approximate surface area is 161 Å². The highest BCUT2D eigenvalue weighted by atomic mass is 79.9. The van der Waals surface area contributed by atoms with Crippen LogP contribution in [0.5, 0.6) is 0 Å². The van der Waals surface area contributed by atoms with E-state index in [9.17, 15) is 34.9 Å². The van der Waals surface area contributed by atoms with E-state index in [2.05, 4.69) is 36.8 Å². The van der Waals surface area contributed by atoms with Gasteiger partial charge >= 0.3 is 17.4 Å². The van der Waals surface area contributed by atoms with Crippen molar-refractivity contribution in [2.75, 3.05) is 0 Å². The third-order valence-electron chi connectivity index (χ3n) is 3.09. The van der Waals surface area contributed by atoms with Crippen LogP contribution in [-0.2, 0) is 10.8 Å². The van der Waals surface area contributed by atoms with E-state index >= 15 is 0 Å². The van der Waals surface area contributed by atoms with Gasteiger partial charge < -0.3 is 0 Å². The number of hydrogen-bond acceptors (Lipinski definition) is 2. The van der Waals surface area contributed by atoms with Gasteiger partial charge in [0.05, 0.1) is 10.6 Å². The number of halogens is 9. The molecule has 0 N–H and O–H groups in total. The van der Waals surface area contributed by atoms with E-state index in [1.54, 1.807) is 0 Å². The molecular weight excluding hydrogens is 523 g/mol. The van der Waals surface area contributed by atoms with Crippen molar-refractivity contribution in [1.82, 2.24) is 4.98 Å². The molecule has 0 aliphatic heterocycles. The lowest BCUT2D eigenvalue weighted by atomic mass is 10.1. The van der Waals surface area contributed by atoms with Crippen LogP contribution in [0.1, 0.15) is 0 Å². The van der Waals surface area contributed by atoms with Crippen molar-refractivity contribution in [2.45, 2.75) is 22.2 Å². The fourth-order valence-corrected chi connectivity index (χ4v) is 4.84. The number of benzene rings is 1. The molecule has 2 rings (SSSR count). The Bertz CT molecular complexity index is 843. The van der Waals surface area contributed by atoms with Gasteiger partial charge in [0.2, 0.25) is 0 Å². The largest absolute Gasteiger partial charge is 0.461 e.